The second-order valence-corrected chi connectivity index (χ2v) is 2.88. The highest BCUT2D eigenvalue weighted by Crippen LogP contribution is 2.26. The molecule has 0 bridgehead atoms. The van der Waals surface area contributed by atoms with Gasteiger partial charge in [0.2, 0.25) is 0 Å². The number of halogens is 1. The Hall–Kier alpha value is -1.13. The molecule has 0 radical (unpaired) electrons. The lowest BCUT2D eigenvalue weighted by Crippen LogP contribution is -1.98. The van der Waals surface area contributed by atoms with Gasteiger partial charge in [-0.2, -0.15) is 0 Å². The largest absolute Gasteiger partial charge is 0.396 e. The summed E-state index contributed by atoms with van der Waals surface area (Å²) in [6.45, 7) is -0.148. The predicted molar refractivity (Wildman–Crippen MR) is 48.9 cm³/mol. The van der Waals surface area contributed by atoms with Crippen molar-refractivity contribution >= 4 is 17.3 Å². The van der Waals surface area contributed by atoms with Gasteiger partial charge in [-0.1, -0.05) is 17.7 Å². The van der Waals surface area contributed by atoms with Crippen molar-refractivity contribution < 1.29 is 10.0 Å². The molecule has 1 N–H and O–H groups in total. The first-order chi connectivity index (χ1) is 6.16. The Morgan fingerprint density at radius 3 is 2.77 bits per heavy atom. The van der Waals surface area contributed by atoms with Crippen molar-refractivity contribution in [3.63, 3.8) is 0 Å². The minimum absolute atomic E-state index is 0.0402. The van der Waals surface area contributed by atoms with Crippen molar-refractivity contribution in [3.8, 4) is 0 Å². The van der Waals surface area contributed by atoms with Crippen LogP contribution in [0.1, 0.15) is 5.56 Å². The molecule has 0 aliphatic rings. The summed E-state index contributed by atoms with van der Waals surface area (Å²) in [5.41, 5.74) is 0.346. The second-order valence-electron chi connectivity index (χ2n) is 2.47. The van der Waals surface area contributed by atoms with Crippen LogP contribution in [0, 0.1) is 10.1 Å². The molecule has 0 spiro atoms. The van der Waals surface area contributed by atoms with E-state index in [1.165, 1.54) is 12.1 Å². The third kappa shape index (κ3) is 2.17. The zero-order valence-electron chi connectivity index (χ0n) is 6.74. The van der Waals surface area contributed by atoms with Gasteiger partial charge in [-0.25, -0.2) is 0 Å². The van der Waals surface area contributed by atoms with Crippen LogP contribution in [-0.2, 0) is 6.42 Å². The minimum atomic E-state index is -0.503. The molecule has 0 saturated heterocycles. The molecule has 1 rings (SSSR count). The van der Waals surface area contributed by atoms with Crippen LogP contribution in [0.2, 0.25) is 5.02 Å². The summed E-state index contributed by atoms with van der Waals surface area (Å²) in [5, 5.41) is 19.5. The van der Waals surface area contributed by atoms with Crippen LogP contribution in [0.15, 0.2) is 18.2 Å². The first kappa shape index (κ1) is 9.95. The topological polar surface area (TPSA) is 63.4 Å². The van der Waals surface area contributed by atoms with E-state index in [0.717, 1.165) is 0 Å². The van der Waals surface area contributed by atoms with Gasteiger partial charge in [0, 0.05) is 19.1 Å². The van der Waals surface area contributed by atoms with Gasteiger partial charge in [0.25, 0.3) is 5.69 Å². The van der Waals surface area contributed by atoms with E-state index in [9.17, 15) is 10.1 Å². The van der Waals surface area contributed by atoms with Crippen LogP contribution in [-0.4, -0.2) is 16.6 Å². The number of nitro benzene ring substituents is 1. The smallest absolute Gasteiger partial charge is 0.274 e. The molecule has 1 aromatic rings. The average molecular weight is 202 g/mol. The predicted octanol–water partition coefficient (Wildman–Crippen LogP) is 1.78. The standard InChI is InChI=1S/C8H8ClNO3/c9-7-2-1-3-8(10(12)13)6(7)4-5-11/h1-3,11H,4-5H2. The number of nitro groups is 1. The molecule has 0 saturated carbocycles. The lowest BCUT2D eigenvalue weighted by atomic mass is 10.1. The van der Waals surface area contributed by atoms with Gasteiger partial charge in [0.1, 0.15) is 0 Å². The molecular formula is C8H8ClNO3. The number of hydrogen-bond acceptors (Lipinski definition) is 3. The highest BCUT2D eigenvalue weighted by atomic mass is 35.5. The Bertz CT molecular complexity index is 327. The number of aliphatic hydroxyl groups excluding tert-OH is 1. The van der Waals surface area contributed by atoms with E-state index in [1.807, 2.05) is 0 Å². The Kier molecular flexibility index (Phi) is 3.22. The van der Waals surface area contributed by atoms with Crippen molar-refractivity contribution in [3.05, 3.63) is 38.9 Å². The zero-order valence-corrected chi connectivity index (χ0v) is 7.49. The zero-order chi connectivity index (χ0) is 9.84. The SMILES string of the molecule is O=[N+]([O-])c1cccc(Cl)c1CCO. The average Bonchev–Trinajstić information content (AvgIpc) is 2.08. The molecule has 0 aliphatic carbocycles. The van der Waals surface area contributed by atoms with Gasteiger partial charge in [0.05, 0.1) is 15.5 Å². The quantitative estimate of drug-likeness (QED) is 0.599. The Labute approximate surface area is 79.9 Å². The molecule has 0 aliphatic heterocycles. The summed E-state index contributed by atoms with van der Waals surface area (Å²) in [6.07, 6.45) is 0.204. The molecule has 1 aromatic carbocycles. The lowest BCUT2D eigenvalue weighted by Gasteiger charge is -2.02. The van der Waals surface area contributed by atoms with Gasteiger partial charge >= 0.3 is 0 Å². The van der Waals surface area contributed by atoms with Crippen LogP contribution in [0.25, 0.3) is 0 Å². The molecular weight excluding hydrogens is 194 g/mol. The fourth-order valence-corrected chi connectivity index (χ4v) is 1.34. The van der Waals surface area contributed by atoms with Crippen LogP contribution < -0.4 is 0 Å². The van der Waals surface area contributed by atoms with E-state index in [2.05, 4.69) is 0 Å². The summed E-state index contributed by atoms with van der Waals surface area (Å²) < 4.78 is 0. The van der Waals surface area contributed by atoms with Crippen molar-refractivity contribution in [2.45, 2.75) is 6.42 Å². The van der Waals surface area contributed by atoms with Crippen LogP contribution in [0.4, 0.5) is 5.69 Å². The number of nitrogens with zero attached hydrogens (tertiary/aromatic N) is 1. The van der Waals surface area contributed by atoms with Gasteiger partial charge < -0.3 is 5.11 Å². The maximum absolute atomic E-state index is 10.5. The molecule has 4 nitrogen and oxygen atoms in total. The molecule has 13 heavy (non-hydrogen) atoms. The second kappa shape index (κ2) is 4.20. The first-order valence-electron chi connectivity index (χ1n) is 3.69. The molecule has 0 heterocycles. The summed E-state index contributed by atoms with van der Waals surface area (Å²) >= 11 is 5.74. The van der Waals surface area contributed by atoms with Gasteiger partial charge in [0.15, 0.2) is 0 Å². The van der Waals surface area contributed by atoms with Crippen LogP contribution in [0.5, 0.6) is 0 Å². The van der Waals surface area contributed by atoms with E-state index in [0.29, 0.717) is 10.6 Å². The monoisotopic (exact) mass is 201 g/mol. The van der Waals surface area contributed by atoms with E-state index in [1.54, 1.807) is 6.07 Å². The van der Waals surface area contributed by atoms with E-state index >= 15 is 0 Å². The van der Waals surface area contributed by atoms with Gasteiger partial charge in [-0.3, -0.25) is 10.1 Å². The highest BCUT2D eigenvalue weighted by Gasteiger charge is 2.15. The fraction of sp³-hybridized carbons (Fsp3) is 0.250. The van der Waals surface area contributed by atoms with Gasteiger partial charge in [-0.05, 0) is 6.07 Å². The molecule has 0 fully saturated rings. The van der Waals surface area contributed by atoms with E-state index in [-0.39, 0.29) is 18.7 Å². The Morgan fingerprint density at radius 1 is 1.54 bits per heavy atom. The summed E-state index contributed by atoms with van der Waals surface area (Å²) in [5.74, 6) is 0. The van der Waals surface area contributed by atoms with Crippen molar-refractivity contribution in [2.24, 2.45) is 0 Å². The van der Waals surface area contributed by atoms with Crippen LogP contribution in [0.3, 0.4) is 0 Å². The molecule has 0 amide bonds. The van der Waals surface area contributed by atoms with Crippen molar-refractivity contribution in [1.82, 2.24) is 0 Å². The Morgan fingerprint density at radius 2 is 2.23 bits per heavy atom. The fourth-order valence-electron chi connectivity index (χ4n) is 1.08. The molecule has 5 heteroatoms. The van der Waals surface area contributed by atoms with Crippen molar-refractivity contribution in [1.29, 1.82) is 0 Å². The number of benzene rings is 1. The number of rotatable bonds is 3. The highest BCUT2D eigenvalue weighted by molar-refractivity contribution is 6.31. The third-order valence-electron chi connectivity index (χ3n) is 1.65. The molecule has 70 valence electrons. The lowest BCUT2D eigenvalue weighted by molar-refractivity contribution is -0.385. The number of hydrogen-bond donors (Lipinski definition) is 1. The Balaban J connectivity index is 3.17. The first-order valence-corrected chi connectivity index (χ1v) is 4.07. The molecule has 0 unspecified atom stereocenters. The van der Waals surface area contributed by atoms with Gasteiger partial charge in [-0.15, -0.1) is 0 Å². The third-order valence-corrected chi connectivity index (χ3v) is 2.01. The number of aliphatic hydroxyl groups is 1. The summed E-state index contributed by atoms with van der Waals surface area (Å²) in [7, 11) is 0. The summed E-state index contributed by atoms with van der Waals surface area (Å²) in [4.78, 5) is 10.0. The maximum atomic E-state index is 10.5. The van der Waals surface area contributed by atoms with E-state index in [4.69, 9.17) is 16.7 Å². The minimum Gasteiger partial charge on any atom is -0.396 e. The summed E-state index contributed by atoms with van der Waals surface area (Å²) in [6, 6.07) is 4.46. The molecule has 0 aromatic heterocycles. The maximum Gasteiger partial charge on any atom is 0.274 e. The normalized spacial score (nSPS) is 10.0. The van der Waals surface area contributed by atoms with Crippen molar-refractivity contribution in [2.75, 3.05) is 6.61 Å². The van der Waals surface area contributed by atoms with E-state index < -0.39 is 4.92 Å². The molecule has 0 atom stereocenters. The van der Waals surface area contributed by atoms with Crippen LogP contribution >= 0.6 is 11.6 Å².